The first-order valence-corrected chi connectivity index (χ1v) is 32.0. The molecule has 0 aliphatic rings. The number of carbonyl (C=O) groups excluding carboxylic acids is 1. The molecule has 0 aromatic rings. The molecule has 3 N–H and O–H groups in total. The van der Waals surface area contributed by atoms with Crippen molar-refractivity contribution in [2.75, 3.05) is 40.9 Å². The van der Waals surface area contributed by atoms with E-state index >= 15 is 0 Å². The lowest BCUT2D eigenvalue weighted by molar-refractivity contribution is -0.870. The molecule has 9 heteroatoms. The van der Waals surface area contributed by atoms with Crippen LogP contribution in [0.4, 0.5) is 0 Å². The third-order valence-corrected chi connectivity index (χ3v) is 14.4. The molecule has 0 saturated carbocycles. The summed E-state index contributed by atoms with van der Waals surface area (Å²) in [5.41, 5.74) is 0. The number of likely N-dealkylation sites (N-methyl/N-ethyl adjacent to an activating group) is 1. The Bertz CT molecular complexity index is 1460. The van der Waals surface area contributed by atoms with Crippen LogP contribution in [-0.2, 0) is 18.4 Å². The van der Waals surface area contributed by atoms with Gasteiger partial charge < -0.3 is 19.8 Å². The van der Waals surface area contributed by atoms with Crippen molar-refractivity contribution in [3.63, 3.8) is 0 Å². The number of amides is 1. The number of rotatable bonds is 55. The van der Waals surface area contributed by atoms with Gasteiger partial charge in [0.1, 0.15) is 13.2 Å². The van der Waals surface area contributed by atoms with Crippen LogP contribution in [0.3, 0.4) is 0 Å². The van der Waals surface area contributed by atoms with Crippen LogP contribution in [0.15, 0.2) is 85.1 Å². The van der Waals surface area contributed by atoms with Crippen LogP contribution in [0.1, 0.15) is 264 Å². The number of aliphatic hydroxyl groups excluding tert-OH is 1. The van der Waals surface area contributed by atoms with Gasteiger partial charge in [0.25, 0.3) is 0 Å². The van der Waals surface area contributed by atoms with E-state index in [0.29, 0.717) is 17.4 Å². The van der Waals surface area contributed by atoms with Crippen LogP contribution in [0.2, 0.25) is 0 Å². The van der Waals surface area contributed by atoms with E-state index in [4.69, 9.17) is 9.05 Å². The van der Waals surface area contributed by atoms with E-state index in [1.54, 1.807) is 6.08 Å². The molecule has 3 unspecified atom stereocenters. The molecule has 0 fully saturated rings. The van der Waals surface area contributed by atoms with Crippen molar-refractivity contribution >= 4 is 13.7 Å². The number of nitrogens with one attached hydrogen (secondary N) is 1. The Morgan fingerprint density at radius 1 is 0.479 bits per heavy atom. The van der Waals surface area contributed by atoms with E-state index in [2.05, 4.69) is 92.1 Å². The Hall–Kier alpha value is -2.32. The maximum Gasteiger partial charge on any atom is 0.472 e. The Labute approximate surface area is 452 Å². The van der Waals surface area contributed by atoms with Gasteiger partial charge in [-0.15, -0.1) is 0 Å². The van der Waals surface area contributed by atoms with Crippen molar-refractivity contribution in [2.45, 2.75) is 276 Å². The molecular formula is C64H118N2O6P+. The SMILES string of the molecule is CC/C=C\C/C=C\C/C=C\C/C=C\C/C=C\C/C=C\CCCCCCCCCCCCCCCCCCCCCCC(=O)NC(COP(=O)(O)OCC[N+](C)(C)C)C(O)/C=C/CCCCCCCCCCCC. The minimum Gasteiger partial charge on any atom is -0.387 e. The predicted molar refractivity (Wildman–Crippen MR) is 318 cm³/mol. The molecule has 3 atom stereocenters. The number of hydrogen-bond donors (Lipinski definition) is 3. The van der Waals surface area contributed by atoms with E-state index in [9.17, 15) is 19.4 Å². The van der Waals surface area contributed by atoms with Gasteiger partial charge in [0.2, 0.25) is 5.91 Å². The minimum absolute atomic E-state index is 0.0607. The zero-order valence-corrected chi connectivity index (χ0v) is 49.3. The molecule has 0 aromatic carbocycles. The number of phosphoric acid groups is 1. The van der Waals surface area contributed by atoms with Crippen LogP contribution >= 0.6 is 7.82 Å². The number of carbonyl (C=O) groups is 1. The zero-order valence-electron chi connectivity index (χ0n) is 48.4. The molecule has 0 aromatic heterocycles. The van der Waals surface area contributed by atoms with Gasteiger partial charge in [0.05, 0.1) is 39.9 Å². The van der Waals surface area contributed by atoms with Gasteiger partial charge in [-0.3, -0.25) is 13.8 Å². The summed E-state index contributed by atoms with van der Waals surface area (Å²) in [5, 5.41) is 13.9. The average molecular weight is 1040 g/mol. The molecule has 0 saturated heterocycles. The standard InChI is InChI=1S/C64H117N2O6P/c1-6-8-10-12-14-16-18-20-21-22-23-24-25-26-27-28-29-30-31-32-33-34-35-36-37-38-39-40-41-42-43-44-45-46-48-50-52-54-56-58-64(68)65-62(61-72-73(69,70)71-60-59-66(3,4)5)63(67)57-55-53-51-49-47-19-17-15-13-11-9-7-2/h8,10,14,16,20-21,23-24,26-27,29-30,55,57,62-63,67H,6-7,9,11-13,15,17-19,22,25,28,31-54,56,58-61H2,1-5H3,(H-,65,68,69,70)/p+1/b10-8-,16-14-,21-20-,24-23-,27-26-,30-29-,57-55+. The molecule has 0 spiro atoms. The number of unbranched alkanes of at least 4 members (excludes halogenated alkanes) is 30. The first-order chi connectivity index (χ1) is 35.5. The lowest BCUT2D eigenvalue weighted by Gasteiger charge is -2.25. The Kier molecular flexibility index (Phi) is 52.7. The molecule has 0 bridgehead atoms. The largest absolute Gasteiger partial charge is 0.472 e. The Balaban J connectivity index is 3.92. The molecule has 73 heavy (non-hydrogen) atoms. The molecule has 0 radical (unpaired) electrons. The van der Waals surface area contributed by atoms with Crippen LogP contribution < -0.4 is 5.32 Å². The van der Waals surface area contributed by atoms with Crippen molar-refractivity contribution in [1.29, 1.82) is 0 Å². The number of nitrogens with zero attached hydrogens (tertiary/aromatic N) is 1. The van der Waals surface area contributed by atoms with Gasteiger partial charge in [0, 0.05) is 6.42 Å². The Morgan fingerprint density at radius 3 is 1.21 bits per heavy atom. The topological polar surface area (TPSA) is 105 Å². The maximum atomic E-state index is 13.0. The fourth-order valence-electron chi connectivity index (χ4n) is 8.64. The van der Waals surface area contributed by atoms with Crippen molar-refractivity contribution in [2.24, 2.45) is 0 Å². The van der Waals surface area contributed by atoms with Crippen molar-refractivity contribution in [1.82, 2.24) is 5.32 Å². The molecule has 0 aliphatic heterocycles. The van der Waals surface area contributed by atoms with Gasteiger partial charge in [-0.05, 0) is 70.6 Å². The van der Waals surface area contributed by atoms with E-state index in [1.807, 2.05) is 27.2 Å². The molecule has 0 heterocycles. The fourth-order valence-corrected chi connectivity index (χ4v) is 9.37. The van der Waals surface area contributed by atoms with Gasteiger partial charge >= 0.3 is 7.82 Å². The summed E-state index contributed by atoms with van der Waals surface area (Å²) < 4.78 is 23.7. The normalized spacial score (nSPS) is 14.5. The molecule has 424 valence electrons. The second-order valence-corrected chi connectivity index (χ2v) is 23.2. The van der Waals surface area contributed by atoms with Crippen molar-refractivity contribution in [3.05, 3.63) is 85.1 Å². The van der Waals surface area contributed by atoms with Crippen LogP contribution in [-0.4, -0.2) is 73.4 Å². The summed E-state index contributed by atoms with van der Waals surface area (Å²) in [6.45, 7) is 4.70. The second-order valence-electron chi connectivity index (χ2n) is 21.7. The second kappa shape index (κ2) is 54.5. The van der Waals surface area contributed by atoms with Gasteiger partial charge in [-0.2, -0.15) is 0 Å². The average Bonchev–Trinajstić information content (AvgIpc) is 3.35. The van der Waals surface area contributed by atoms with Crippen LogP contribution in [0.5, 0.6) is 0 Å². The summed E-state index contributed by atoms with van der Waals surface area (Å²) in [6, 6.07) is -0.847. The van der Waals surface area contributed by atoms with E-state index in [-0.39, 0.29) is 19.1 Å². The van der Waals surface area contributed by atoms with Crippen LogP contribution in [0.25, 0.3) is 0 Å². The molecule has 0 rings (SSSR count). The minimum atomic E-state index is -4.34. The summed E-state index contributed by atoms with van der Waals surface area (Å²) in [4.78, 5) is 23.3. The van der Waals surface area contributed by atoms with Gasteiger partial charge in [0.15, 0.2) is 0 Å². The third-order valence-electron chi connectivity index (χ3n) is 13.4. The molecule has 1 amide bonds. The first-order valence-electron chi connectivity index (χ1n) is 30.5. The summed E-state index contributed by atoms with van der Waals surface area (Å²) in [7, 11) is 1.57. The highest BCUT2D eigenvalue weighted by Gasteiger charge is 2.27. The smallest absolute Gasteiger partial charge is 0.387 e. The van der Waals surface area contributed by atoms with E-state index in [1.165, 1.54) is 167 Å². The van der Waals surface area contributed by atoms with E-state index < -0.39 is 20.0 Å². The van der Waals surface area contributed by atoms with E-state index in [0.717, 1.165) is 77.0 Å². The van der Waals surface area contributed by atoms with Gasteiger partial charge in [-0.25, -0.2) is 4.57 Å². The number of aliphatic hydroxyl groups is 1. The quantitative estimate of drug-likeness (QED) is 0.0243. The van der Waals surface area contributed by atoms with Crippen molar-refractivity contribution in [3.8, 4) is 0 Å². The number of phosphoric ester groups is 1. The fraction of sp³-hybridized carbons (Fsp3) is 0.766. The predicted octanol–water partition coefficient (Wildman–Crippen LogP) is 18.8. The maximum absolute atomic E-state index is 13.0. The monoisotopic (exact) mass is 1040 g/mol. The lowest BCUT2D eigenvalue weighted by atomic mass is 10.0. The third kappa shape index (κ3) is 57.2. The number of quaternary nitrogens is 1. The van der Waals surface area contributed by atoms with Crippen LogP contribution in [0, 0.1) is 0 Å². The van der Waals surface area contributed by atoms with Gasteiger partial charge in [-0.1, -0.05) is 272 Å². The summed E-state index contributed by atoms with van der Waals surface area (Å²) in [5.74, 6) is -0.177. The highest BCUT2D eigenvalue weighted by atomic mass is 31.2. The Morgan fingerprint density at radius 2 is 0.822 bits per heavy atom. The number of hydrogen-bond acceptors (Lipinski definition) is 5. The lowest BCUT2D eigenvalue weighted by Crippen LogP contribution is -2.45. The molecule has 0 aliphatic carbocycles. The highest BCUT2D eigenvalue weighted by Crippen LogP contribution is 2.43. The highest BCUT2D eigenvalue weighted by molar-refractivity contribution is 7.47. The summed E-state index contributed by atoms with van der Waals surface area (Å²) >= 11 is 0. The van der Waals surface area contributed by atoms with Crippen molar-refractivity contribution < 1.29 is 32.9 Å². The molecule has 8 nitrogen and oxygen atoms in total. The zero-order chi connectivity index (χ0) is 53.5. The number of allylic oxidation sites excluding steroid dienone is 13. The summed E-state index contributed by atoms with van der Waals surface area (Å²) in [6.07, 6.45) is 77.1. The first kappa shape index (κ1) is 70.7. The molecular weight excluding hydrogens is 924 g/mol.